The van der Waals surface area contributed by atoms with E-state index in [1.54, 1.807) is 0 Å². The number of nitrogens with one attached hydrogen (secondary N) is 2. The van der Waals surface area contributed by atoms with Gasteiger partial charge in [-0.2, -0.15) is 0 Å². The molecule has 1 aromatic heterocycles. The van der Waals surface area contributed by atoms with E-state index in [-0.39, 0.29) is 17.9 Å². The van der Waals surface area contributed by atoms with Gasteiger partial charge in [-0.1, -0.05) is 22.9 Å². The van der Waals surface area contributed by atoms with Crippen LogP contribution in [0.1, 0.15) is 37.1 Å². The van der Waals surface area contributed by atoms with Crippen LogP contribution in [0.4, 0.5) is 0 Å². The second-order valence-corrected chi connectivity index (χ2v) is 6.66. The Morgan fingerprint density at radius 3 is 3.10 bits per heavy atom. The summed E-state index contributed by atoms with van der Waals surface area (Å²) in [5.41, 5.74) is 9.65. The number of benzene rings is 1. The standard InChI is InChI=1S/C16H20BrN3O/c1-2-5-19-16(21)9-6-12-11-8-10(17)3-4-14(11)20-15(12)13(18)7-9/h3-4,8-9,13,20H,2,5-7,18H2,1H3,(H,19,21). The van der Waals surface area contributed by atoms with Crippen molar-refractivity contribution < 1.29 is 4.79 Å². The van der Waals surface area contributed by atoms with E-state index in [2.05, 4.69) is 45.3 Å². The van der Waals surface area contributed by atoms with Crippen molar-refractivity contribution in [3.05, 3.63) is 33.9 Å². The minimum absolute atomic E-state index is 0.0305. The normalized spacial score (nSPS) is 21.3. The molecule has 1 aromatic carbocycles. The molecule has 1 amide bonds. The number of hydrogen-bond acceptors (Lipinski definition) is 2. The average molecular weight is 350 g/mol. The number of H-pyrrole nitrogens is 1. The van der Waals surface area contributed by atoms with Crippen molar-refractivity contribution >= 4 is 32.7 Å². The molecule has 112 valence electrons. The van der Waals surface area contributed by atoms with E-state index in [1.165, 1.54) is 10.9 Å². The molecule has 21 heavy (non-hydrogen) atoms. The minimum atomic E-state index is -0.0997. The molecule has 1 aliphatic rings. The highest BCUT2D eigenvalue weighted by Crippen LogP contribution is 2.37. The maximum absolute atomic E-state index is 12.3. The molecular formula is C16H20BrN3O. The molecule has 0 saturated carbocycles. The summed E-state index contributed by atoms with van der Waals surface area (Å²) < 4.78 is 1.04. The van der Waals surface area contributed by atoms with Crippen LogP contribution in [0.25, 0.3) is 10.9 Å². The van der Waals surface area contributed by atoms with Crippen LogP contribution in [0.2, 0.25) is 0 Å². The van der Waals surface area contributed by atoms with Crippen molar-refractivity contribution in [3.8, 4) is 0 Å². The lowest BCUT2D eigenvalue weighted by Crippen LogP contribution is -2.37. The summed E-state index contributed by atoms with van der Waals surface area (Å²) in [6, 6.07) is 6.07. The molecule has 1 aliphatic carbocycles. The fraction of sp³-hybridized carbons (Fsp3) is 0.438. The lowest BCUT2D eigenvalue weighted by atomic mass is 9.83. The molecule has 4 nitrogen and oxygen atoms in total. The Morgan fingerprint density at radius 2 is 2.33 bits per heavy atom. The third-order valence-corrected chi connectivity index (χ3v) is 4.67. The highest BCUT2D eigenvalue weighted by molar-refractivity contribution is 9.10. The van der Waals surface area contributed by atoms with Gasteiger partial charge in [0.25, 0.3) is 0 Å². The predicted molar refractivity (Wildman–Crippen MR) is 88.0 cm³/mol. The fourth-order valence-corrected chi connectivity index (χ4v) is 3.48. The van der Waals surface area contributed by atoms with Gasteiger partial charge in [0.05, 0.1) is 0 Å². The first-order valence-corrected chi connectivity index (χ1v) is 8.22. The lowest BCUT2D eigenvalue weighted by molar-refractivity contribution is -0.125. The van der Waals surface area contributed by atoms with Crippen LogP contribution in [-0.4, -0.2) is 17.4 Å². The second kappa shape index (κ2) is 5.81. The van der Waals surface area contributed by atoms with E-state index in [4.69, 9.17) is 5.73 Å². The SMILES string of the molecule is CCCNC(=O)C1Cc2c([nH]c3ccc(Br)cc23)C(N)C1. The summed E-state index contributed by atoms with van der Waals surface area (Å²) in [7, 11) is 0. The summed E-state index contributed by atoms with van der Waals surface area (Å²) in [5, 5.41) is 4.16. The molecule has 2 aromatic rings. The molecule has 4 N–H and O–H groups in total. The molecule has 0 saturated heterocycles. The van der Waals surface area contributed by atoms with Crippen LogP contribution in [0.3, 0.4) is 0 Å². The average Bonchev–Trinajstić information content (AvgIpc) is 2.83. The van der Waals surface area contributed by atoms with Gasteiger partial charge in [-0.25, -0.2) is 0 Å². The van der Waals surface area contributed by atoms with Gasteiger partial charge in [-0.3, -0.25) is 4.79 Å². The van der Waals surface area contributed by atoms with E-state index in [1.807, 2.05) is 6.07 Å². The van der Waals surface area contributed by atoms with Gasteiger partial charge in [0.1, 0.15) is 0 Å². The van der Waals surface area contributed by atoms with Gasteiger partial charge >= 0.3 is 0 Å². The Morgan fingerprint density at radius 1 is 1.52 bits per heavy atom. The molecule has 5 heteroatoms. The molecule has 3 rings (SSSR count). The summed E-state index contributed by atoms with van der Waals surface area (Å²) in [6.45, 7) is 2.79. The number of amides is 1. The molecule has 0 bridgehead atoms. The smallest absolute Gasteiger partial charge is 0.223 e. The third kappa shape index (κ3) is 2.72. The molecular weight excluding hydrogens is 330 g/mol. The monoisotopic (exact) mass is 349 g/mol. The summed E-state index contributed by atoms with van der Waals surface area (Å²) in [5.74, 6) is 0.0966. The van der Waals surface area contributed by atoms with Crippen molar-refractivity contribution in [1.29, 1.82) is 0 Å². The number of carbonyl (C=O) groups excluding carboxylic acids is 1. The van der Waals surface area contributed by atoms with Gasteiger partial charge in [-0.15, -0.1) is 0 Å². The van der Waals surface area contributed by atoms with Crippen LogP contribution in [0.5, 0.6) is 0 Å². The lowest BCUT2D eigenvalue weighted by Gasteiger charge is -2.26. The number of halogens is 1. The van der Waals surface area contributed by atoms with Gasteiger partial charge in [0, 0.05) is 39.6 Å². The predicted octanol–water partition coefficient (Wildman–Crippen LogP) is 3.02. The quantitative estimate of drug-likeness (QED) is 0.796. The fourth-order valence-electron chi connectivity index (χ4n) is 3.12. The molecule has 0 aliphatic heterocycles. The number of aromatic nitrogens is 1. The number of carbonyl (C=O) groups is 1. The Hall–Kier alpha value is -1.33. The Balaban J connectivity index is 1.94. The van der Waals surface area contributed by atoms with Gasteiger partial charge in [0.2, 0.25) is 5.91 Å². The molecule has 2 atom stereocenters. The molecule has 1 heterocycles. The first kappa shape index (κ1) is 14.6. The Labute approximate surface area is 132 Å². The minimum Gasteiger partial charge on any atom is -0.357 e. The Bertz CT molecular complexity index is 679. The third-order valence-electron chi connectivity index (χ3n) is 4.18. The van der Waals surface area contributed by atoms with Gasteiger partial charge in [-0.05, 0) is 43.0 Å². The van der Waals surface area contributed by atoms with E-state index in [9.17, 15) is 4.79 Å². The summed E-state index contributed by atoms with van der Waals surface area (Å²) in [4.78, 5) is 15.7. The van der Waals surface area contributed by atoms with Crippen LogP contribution in [0.15, 0.2) is 22.7 Å². The molecule has 0 spiro atoms. The van der Waals surface area contributed by atoms with E-state index >= 15 is 0 Å². The summed E-state index contributed by atoms with van der Waals surface area (Å²) in [6.07, 6.45) is 2.42. The largest absolute Gasteiger partial charge is 0.357 e. The maximum Gasteiger partial charge on any atom is 0.223 e. The van der Waals surface area contributed by atoms with Crippen LogP contribution < -0.4 is 11.1 Å². The van der Waals surface area contributed by atoms with Crippen LogP contribution in [0, 0.1) is 5.92 Å². The van der Waals surface area contributed by atoms with E-state index in [0.717, 1.165) is 35.1 Å². The zero-order valence-corrected chi connectivity index (χ0v) is 13.7. The van der Waals surface area contributed by atoms with Crippen molar-refractivity contribution in [3.63, 3.8) is 0 Å². The van der Waals surface area contributed by atoms with Crippen LogP contribution >= 0.6 is 15.9 Å². The number of rotatable bonds is 3. The zero-order valence-electron chi connectivity index (χ0n) is 12.1. The van der Waals surface area contributed by atoms with Crippen molar-refractivity contribution in [2.24, 2.45) is 11.7 Å². The molecule has 0 radical (unpaired) electrons. The number of nitrogens with two attached hydrogens (primary N) is 1. The first-order valence-electron chi connectivity index (χ1n) is 7.43. The second-order valence-electron chi connectivity index (χ2n) is 5.74. The van der Waals surface area contributed by atoms with E-state index in [0.29, 0.717) is 6.42 Å². The highest BCUT2D eigenvalue weighted by atomic mass is 79.9. The van der Waals surface area contributed by atoms with Crippen molar-refractivity contribution in [1.82, 2.24) is 10.3 Å². The summed E-state index contributed by atoms with van der Waals surface area (Å²) >= 11 is 3.51. The number of aromatic amines is 1. The van der Waals surface area contributed by atoms with Crippen LogP contribution in [-0.2, 0) is 11.2 Å². The topological polar surface area (TPSA) is 70.9 Å². The number of hydrogen-bond donors (Lipinski definition) is 3. The van der Waals surface area contributed by atoms with E-state index < -0.39 is 0 Å². The maximum atomic E-state index is 12.3. The van der Waals surface area contributed by atoms with Crippen molar-refractivity contribution in [2.45, 2.75) is 32.2 Å². The van der Waals surface area contributed by atoms with Gasteiger partial charge in [0.15, 0.2) is 0 Å². The zero-order chi connectivity index (χ0) is 15.0. The Kier molecular flexibility index (Phi) is 4.04. The molecule has 2 unspecified atom stereocenters. The molecule has 0 fully saturated rings. The van der Waals surface area contributed by atoms with Crippen molar-refractivity contribution in [2.75, 3.05) is 6.54 Å². The van der Waals surface area contributed by atoms with Gasteiger partial charge < -0.3 is 16.0 Å². The highest BCUT2D eigenvalue weighted by Gasteiger charge is 2.31. The number of fused-ring (bicyclic) bond motifs is 3. The first-order chi connectivity index (χ1) is 10.1.